The van der Waals surface area contributed by atoms with Crippen molar-refractivity contribution in [2.24, 2.45) is 10.7 Å². The number of carbonyl (C=O) groups excluding carboxylic acids is 1. The van der Waals surface area contributed by atoms with Gasteiger partial charge in [-0.3, -0.25) is 10.1 Å². The molecule has 0 aliphatic carbocycles. The lowest BCUT2D eigenvalue weighted by molar-refractivity contribution is 0.0976. The first-order valence-electron chi connectivity index (χ1n) is 7.09. The monoisotopic (exact) mass is 313 g/mol. The second-order valence-corrected chi connectivity index (χ2v) is 4.73. The first kappa shape index (κ1) is 16.4. The molecule has 0 heterocycles. The van der Waals surface area contributed by atoms with E-state index in [1.165, 1.54) is 0 Å². The van der Waals surface area contributed by atoms with E-state index >= 15 is 0 Å². The molecule has 23 heavy (non-hydrogen) atoms. The molecule has 0 bridgehead atoms. The quantitative estimate of drug-likeness (QED) is 0.654. The average molecular weight is 313 g/mol. The minimum absolute atomic E-state index is 0.00532. The lowest BCUT2D eigenvalue weighted by atomic mass is 10.2. The molecule has 6 heteroatoms. The van der Waals surface area contributed by atoms with Crippen molar-refractivity contribution in [2.45, 2.75) is 13.2 Å². The van der Waals surface area contributed by atoms with Crippen molar-refractivity contribution in [1.29, 1.82) is 0 Å². The third-order valence-electron chi connectivity index (χ3n) is 2.96. The second kappa shape index (κ2) is 7.84. The highest BCUT2D eigenvalue weighted by Crippen LogP contribution is 2.12. The predicted molar refractivity (Wildman–Crippen MR) is 88.6 cm³/mol. The Morgan fingerprint density at radius 3 is 2.35 bits per heavy atom. The zero-order chi connectivity index (χ0) is 16.7. The standard InChI is InChI=1S/C17H19N3O3/c1-12(23-15-6-4-3-5-7-15)19-17(18)20-16(21)13-8-10-14(22-2)11-9-13/h3-12H,1-2H3,(H3,18,19,20,21). The molecule has 3 N–H and O–H groups in total. The molecule has 2 rings (SSSR count). The van der Waals surface area contributed by atoms with Gasteiger partial charge >= 0.3 is 0 Å². The molecule has 0 aromatic heterocycles. The summed E-state index contributed by atoms with van der Waals surface area (Å²) in [6.45, 7) is 1.74. The molecule has 1 unspecified atom stereocenters. The highest BCUT2D eigenvalue weighted by Gasteiger charge is 2.08. The topological polar surface area (TPSA) is 85.9 Å². The van der Waals surface area contributed by atoms with Crippen LogP contribution in [0.4, 0.5) is 0 Å². The summed E-state index contributed by atoms with van der Waals surface area (Å²) >= 11 is 0. The van der Waals surface area contributed by atoms with E-state index in [4.69, 9.17) is 15.2 Å². The van der Waals surface area contributed by atoms with E-state index in [0.717, 1.165) is 0 Å². The third kappa shape index (κ3) is 5.03. The summed E-state index contributed by atoms with van der Waals surface area (Å²) in [6.07, 6.45) is -0.520. The molecule has 0 spiro atoms. The summed E-state index contributed by atoms with van der Waals surface area (Å²) in [4.78, 5) is 16.1. The highest BCUT2D eigenvalue weighted by atomic mass is 16.5. The summed E-state index contributed by atoms with van der Waals surface area (Å²) in [5, 5.41) is 2.52. The number of nitrogens with two attached hydrogens (primary N) is 1. The van der Waals surface area contributed by atoms with Crippen LogP contribution in [0.5, 0.6) is 11.5 Å². The van der Waals surface area contributed by atoms with Gasteiger partial charge in [0.1, 0.15) is 11.5 Å². The lowest BCUT2D eigenvalue weighted by Gasteiger charge is -2.12. The van der Waals surface area contributed by atoms with E-state index in [0.29, 0.717) is 17.1 Å². The molecule has 0 saturated carbocycles. The average Bonchev–Trinajstić information content (AvgIpc) is 2.55. The van der Waals surface area contributed by atoms with Crippen molar-refractivity contribution < 1.29 is 14.3 Å². The van der Waals surface area contributed by atoms with Crippen LogP contribution >= 0.6 is 0 Å². The SMILES string of the molecule is COc1ccc(C(=O)N/C(N)=N/C(C)Oc2ccccc2)cc1. The molecular weight excluding hydrogens is 294 g/mol. The first-order chi connectivity index (χ1) is 11.1. The van der Waals surface area contributed by atoms with Gasteiger partial charge in [-0.15, -0.1) is 0 Å². The van der Waals surface area contributed by atoms with Gasteiger partial charge < -0.3 is 15.2 Å². The molecular formula is C17H19N3O3. The largest absolute Gasteiger partial charge is 0.497 e. The van der Waals surface area contributed by atoms with E-state index in [9.17, 15) is 4.79 Å². The molecule has 2 aromatic carbocycles. The van der Waals surface area contributed by atoms with Crippen molar-refractivity contribution in [3.63, 3.8) is 0 Å². The second-order valence-electron chi connectivity index (χ2n) is 4.73. The van der Waals surface area contributed by atoms with Crippen LogP contribution in [-0.2, 0) is 0 Å². The molecule has 0 radical (unpaired) electrons. The van der Waals surface area contributed by atoms with Crippen molar-refractivity contribution in [1.82, 2.24) is 5.32 Å². The smallest absolute Gasteiger partial charge is 0.257 e. The number of nitrogens with one attached hydrogen (secondary N) is 1. The number of rotatable bonds is 5. The first-order valence-corrected chi connectivity index (χ1v) is 7.09. The third-order valence-corrected chi connectivity index (χ3v) is 2.96. The molecule has 2 aromatic rings. The number of guanidine groups is 1. The Labute approximate surface area is 134 Å². The van der Waals surface area contributed by atoms with Crippen LogP contribution < -0.4 is 20.5 Å². The van der Waals surface area contributed by atoms with Gasteiger partial charge in [0, 0.05) is 5.56 Å². The fourth-order valence-electron chi connectivity index (χ4n) is 1.88. The minimum atomic E-state index is -0.520. The van der Waals surface area contributed by atoms with E-state index in [1.807, 2.05) is 30.3 Å². The van der Waals surface area contributed by atoms with Crippen LogP contribution in [0.3, 0.4) is 0 Å². The summed E-state index contributed by atoms with van der Waals surface area (Å²) in [5.41, 5.74) is 6.19. The molecule has 120 valence electrons. The number of benzene rings is 2. The number of aliphatic imine (C=N–C) groups is 1. The van der Waals surface area contributed by atoms with Gasteiger partial charge in [-0.05, 0) is 43.3 Å². The predicted octanol–water partition coefficient (Wildman–Crippen LogP) is 2.16. The molecule has 0 saturated heterocycles. The Morgan fingerprint density at radius 1 is 1.09 bits per heavy atom. The van der Waals surface area contributed by atoms with Gasteiger partial charge in [0.05, 0.1) is 7.11 Å². The highest BCUT2D eigenvalue weighted by molar-refractivity contribution is 6.05. The maximum Gasteiger partial charge on any atom is 0.257 e. The number of methoxy groups -OCH3 is 1. The minimum Gasteiger partial charge on any atom is -0.497 e. The van der Waals surface area contributed by atoms with Crippen molar-refractivity contribution in [2.75, 3.05) is 7.11 Å². The van der Waals surface area contributed by atoms with Crippen molar-refractivity contribution >= 4 is 11.9 Å². The number of hydrogen-bond acceptors (Lipinski definition) is 4. The molecule has 6 nitrogen and oxygen atoms in total. The van der Waals surface area contributed by atoms with Gasteiger partial charge in [-0.1, -0.05) is 18.2 Å². The Bertz CT molecular complexity index is 669. The van der Waals surface area contributed by atoms with Crippen LogP contribution in [-0.4, -0.2) is 25.2 Å². The van der Waals surface area contributed by atoms with Crippen LogP contribution in [0.2, 0.25) is 0 Å². The van der Waals surface area contributed by atoms with Crippen LogP contribution in [0.25, 0.3) is 0 Å². The van der Waals surface area contributed by atoms with Gasteiger partial charge in [0.2, 0.25) is 0 Å². The van der Waals surface area contributed by atoms with E-state index in [1.54, 1.807) is 38.3 Å². The molecule has 1 amide bonds. The van der Waals surface area contributed by atoms with Crippen molar-refractivity contribution in [3.05, 3.63) is 60.2 Å². The van der Waals surface area contributed by atoms with Crippen molar-refractivity contribution in [3.8, 4) is 11.5 Å². The Hall–Kier alpha value is -3.02. The maximum absolute atomic E-state index is 12.0. The van der Waals surface area contributed by atoms with Gasteiger partial charge in [-0.25, -0.2) is 4.99 Å². The number of hydrogen-bond donors (Lipinski definition) is 2. The number of amides is 1. The van der Waals surface area contributed by atoms with Crippen LogP contribution in [0.15, 0.2) is 59.6 Å². The molecule has 0 aliphatic heterocycles. The Morgan fingerprint density at radius 2 is 1.74 bits per heavy atom. The van der Waals surface area contributed by atoms with E-state index in [2.05, 4.69) is 10.3 Å². The molecule has 0 fully saturated rings. The van der Waals surface area contributed by atoms with Gasteiger partial charge in [0.25, 0.3) is 5.91 Å². The number of nitrogens with zero attached hydrogens (tertiary/aromatic N) is 1. The zero-order valence-corrected chi connectivity index (χ0v) is 13.0. The normalized spacial score (nSPS) is 12.3. The van der Waals surface area contributed by atoms with Crippen LogP contribution in [0, 0.1) is 0 Å². The zero-order valence-electron chi connectivity index (χ0n) is 13.0. The number of ether oxygens (including phenoxy) is 2. The summed E-state index contributed by atoms with van der Waals surface area (Å²) in [7, 11) is 1.56. The van der Waals surface area contributed by atoms with Gasteiger partial charge in [-0.2, -0.15) is 0 Å². The fourth-order valence-corrected chi connectivity index (χ4v) is 1.88. The van der Waals surface area contributed by atoms with E-state index < -0.39 is 6.23 Å². The molecule has 1 atom stereocenters. The Kier molecular flexibility index (Phi) is 5.57. The number of para-hydroxylation sites is 1. The molecule has 0 aliphatic rings. The van der Waals surface area contributed by atoms with Gasteiger partial charge in [0.15, 0.2) is 12.2 Å². The Balaban J connectivity index is 1.93. The van der Waals surface area contributed by atoms with Crippen LogP contribution in [0.1, 0.15) is 17.3 Å². The number of carbonyl (C=O) groups is 1. The summed E-state index contributed by atoms with van der Waals surface area (Å²) in [5.74, 6) is 1.00. The lowest BCUT2D eigenvalue weighted by Crippen LogP contribution is -2.38. The maximum atomic E-state index is 12.0. The fraction of sp³-hybridized carbons (Fsp3) is 0.176. The van der Waals surface area contributed by atoms with E-state index in [-0.39, 0.29) is 11.9 Å². The summed E-state index contributed by atoms with van der Waals surface area (Å²) in [6, 6.07) is 15.9. The summed E-state index contributed by atoms with van der Waals surface area (Å²) < 4.78 is 10.6.